The maximum absolute atomic E-state index is 6.48. The fourth-order valence-electron chi connectivity index (χ4n) is 6.11. The average Bonchev–Trinajstić information content (AvgIpc) is 2.54. The number of piperidine rings is 1. The number of hydrogen-bond donors (Lipinski definition) is 1. The zero-order chi connectivity index (χ0) is 14.9. The van der Waals surface area contributed by atoms with Gasteiger partial charge in [0.25, 0.3) is 0 Å². The highest BCUT2D eigenvalue weighted by Gasteiger charge is 2.50. The quantitative estimate of drug-likeness (QED) is 0.845. The van der Waals surface area contributed by atoms with Gasteiger partial charge in [0, 0.05) is 18.1 Å². The molecule has 0 aromatic rings. The van der Waals surface area contributed by atoms with E-state index in [2.05, 4.69) is 18.7 Å². The summed E-state index contributed by atoms with van der Waals surface area (Å²) in [6.45, 7) is 7.08. The Morgan fingerprint density at radius 1 is 1.00 bits per heavy atom. The topological polar surface area (TPSA) is 29.3 Å². The lowest BCUT2D eigenvalue weighted by molar-refractivity contribution is -0.0825. The van der Waals surface area contributed by atoms with Gasteiger partial charge in [-0.2, -0.15) is 0 Å². The Bertz CT molecular complexity index is 338. The highest BCUT2D eigenvalue weighted by molar-refractivity contribution is 5.05. The molecule has 21 heavy (non-hydrogen) atoms. The first kappa shape index (κ1) is 15.8. The van der Waals surface area contributed by atoms with Crippen molar-refractivity contribution < 1.29 is 0 Å². The minimum atomic E-state index is 0.326. The first-order valence-electron chi connectivity index (χ1n) is 9.66. The number of likely N-dealkylation sites (tertiary alicyclic amines) is 1. The summed E-state index contributed by atoms with van der Waals surface area (Å²) in [4.78, 5) is 2.96. The highest BCUT2D eigenvalue weighted by atomic mass is 15.3. The Morgan fingerprint density at radius 2 is 1.71 bits per heavy atom. The Morgan fingerprint density at radius 3 is 2.48 bits per heavy atom. The average molecular weight is 293 g/mol. The molecule has 2 N–H and O–H groups in total. The van der Waals surface area contributed by atoms with Crippen molar-refractivity contribution in [2.45, 2.75) is 89.6 Å². The van der Waals surface area contributed by atoms with Crippen LogP contribution in [0, 0.1) is 17.8 Å². The molecule has 2 aliphatic carbocycles. The second kappa shape index (κ2) is 6.58. The third kappa shape index (κ3) is 2.79. The van der Waals surface area contributed by atoms with E-state index in [9.17, 15) is 0 Å². The predicted octanol–water partition coefficient (Wildman–Crippen LogP) is 4.18. The molecule has 0 aromatic carbocycles. The number of nitrogens with two attached hydrogens (primary N) is 1. The summed E-state index contributed by atoms with van der Waals surface area (Å²) in [6, 6.07) is 0.857. The van der Waals surface area contributed by atoms with E-state index in [1.54, 1.807) is 0 Å². The standard InChI is InChI=1S/C19H36N2/c1-15(2)17-10-5-6-12-19(17,14-20)21-13-7-9-16-8-3-4-11-18(16)21/h15-18H,3-14,20H2,1-2H3. The smallest absolute Gasteiger partial charge is 0.0365 e. The third-order valence-corrected chi connectivity index (χ3v) is 7.04. The molecule has 3 fully saturated rings. The maximum Gasteiger partial charge on any atom is 0.0365 e. The zero-order valence-corrected chi connectivity index (χ0v) is 14.3. The van der Waals surface area contributed by atoms with Gasteiger partial charge in [-0.15, -0.1) is 0 Å². The third-order valence-electron chi connectivity index (χ3n) is 7.04. The molecule has 0 aromatic heterocycles. The summed E-state index contributed by atoms with van der Waals surface area (Å²) in [5, 5.41) is 0. The van der Waals surface area contributed by atoms with Gasteiger partial charge in [0.1, 0.15) is 0 Å². The van der Waals surface area contributed by atoms with Crippen LogP contribution in [-0.4, -0.2) is 29.6 Å². The summed E-state index contributed by atoms with van der Waals surface area (Å²) in [5.41, 5.74) is 6.80. The molecule has 1 heterocycles. The highest BCUT2D eigenvalue weighted by Crippen LogP contribution is 2.47. The van der Waals surface area contributed by atoms with E-state index in [0.717, 1.165) is 30.3 Å². The number of hydrogen-bond acceptors (Lipinski definition) is 2. The number of nitrogens with zero attached hydrogens (tertiary/aromatic N) is 1. The van der Waals surface area contributed by atoms with Gasteiger partial charge in [0.2, 0.25) is 0 Å². The molecular weight excluding hydrogens is 256 g/mol. The van der Waals surface area contributed by atoms with Crippen LogP contribution in [0.4, 0.5) is 0 Å². The molecule has 0 radical (unpaired) electrons. The molecule has 4 atom stereocenters. The van der Waals surface area contributed by atoms with Crippen LogP contribution in [0.1, 0.15) is 78.1 Å². The summed E-state index contributed by atoms with van der Waals surface area (Å²) in [7, 11) is 0. The fraction of sp³-hybridized carbons (Fsp3) is 1.00. The lowest BCUT2D eigenvalue weighted by Gasteiger charge is -2.59. The Kier molecular flexibility index (Phi) is 4.95. The zero-order valence-electron chi connectivity index (χ0n) is 14.3. The van der Waals surface area contributed by atoms with E-state index in [1.807, 2.05) is 0 Å². The molecule has 1 aliphatic heterocycles. The lowest BCUT2D eigenvalue weighted by Crippen LogP contribution is -2.66. The van der Waals surface area contributed by atoms with Crippen LogP contribution in [0.5, 0.6) is 0 Å². The molecule has 4 unspecified atom stereocenters. The van der Waals surface area contributed by atoms with Crippen molar-refractivity contribution in [1.82, 2.24) is 4.90 Å². The minimum absolute atomic E-state index is 0.326. The SMILES string of the molecule is CC(C)C1CCCCC1(CN)N1CCCC2CCCCC21. The van der Waals surface area contributed by atoms with Gasteiger partial charge < -0.3 is 5.73 Å². The molecule has 2 nitrogen and oxygen atoms in total. The minimum Gasteiger partial charge on any atom is -0.329 e. The summed E-state index contributed by atoms with van der Waals surface area (Å²) in [6.07, 6.45) is 14.3. The number of rotatable bonds is 3. The lowest BCUT2D eigenvalue weighted by atomic mass is 9.64. The van der Waals surface area contributed by atoms with Crippen LogP contribution >= 0.6 is 0 Å². The van der Waals surface area contributed by atoms with Crippen molar-refractivity contribution in [3.8, 4) is 0 Å². The first-order chi connectivity index (χ1) is 10.2. The van der Waals surface area contributed by atoms with E-state index < -0.39 is 0 Å². The second-order valence-corrected chi connectivity index (χ2v) is 8.35. The van der Waals surface area contributed by atoms with E-state index in [4.69, 9.17) is 5.73 Å². The van der Waals surface area contributed by atoms with Gasteiger partial charge in [0.15, 0.2) is 0 Å². The van der Waals surface area contributed by atoms with Crippen LogP contribution < -0.4 is 5.73 Å². The molecule has 122 valence electrons. The monoisotopic (exact) mass is 292 g/mol. The van der Waals surface area contributed by atoms with E-state index in [1.165, 1.54) is 70.8 Å². The fourth-order valence-corrected chi connectivity index (χ4v) is 6.11. The Labute approximate surface area is 131 Å². The van der Waals surface area contributed by atoms with E-state index >= 15 is 0 Å². The molecule has 0 bridgehead atoms. The largest absolute Gasteiger partial charge is 0.329 e. The van der Waals surface area contributed by atoms with Crippen molar-refractivity contribution in [3.63, 3.8) is 0 Å². The Hall–Kier alpha value is -0.0800. The normalized spacial score (nSPS) is 42.0. The van der Waals surface area contributed by atoms with Crippen molar-refractivity contribution >= 4 is 0 Å². The molecule has 2 saturated carbocycles. The van der Waals surface area contributed by atoms with Gasteiger partial charge in [-0.25, -0.2) is 0 Å². The first-order valence-corrected chi connectivity index (χ1v) is 9.66. The second-order valence-electron chi connectivity index (χ2n) is 8.35. The molecular formula is C19H36N2. The number of fused-ring (bicyclic) bond motifs is 1. The van der Waals surface area contributed by atoms with Crippen LogP contribution in [0.15, 0.2) is 0 Å². The summed E-state index contributed by atoms with van der Waals surface area (Å²) >= 11 is 0. The van der Waals surface area contributed by atoms with Gasteiger partial charge in [-0.1, -0.05) is 39.5 Å². The molecule has 1 saturated heterocycles. The van der Waals surface area contributed by atoms with Gasteiger partial charge in [-0.05, 0) is 62.8 Å². The van der Waals surface area contributed by atoms with E-state index in [0.29, 0.717) is 5.54 Å². The van der Waals surface area contributed by atoms with Crippen LogP contribution in [0.2, 0.25) is 0 Å². The van der Waals surface area contributed by atoms with Gasteiger partial charge in [0.05, 0.1) is 0 Å². The Balaban J connectivity index is 1.88. The summed E-state index contributed by atoms with van der Waals surface area (Å²) in [5.74, 6) is 2.57. The van der Waals surface area contributed by atoms with Crippen molar-refractivity contribution in [2.75, 3.05) is 13.1 Å². The van der Waals surface area contributed by atoms with Crippen molar-refractivity contribution in [1.29, 1.82) is 0 Å². The van der Waals surface area contributed by atoms with Crippen LogP contribution in [0.25, 0.3) is 0 Å². The molecule has 2 heteroatoms. The predicted molar refractivity (Wildman–Crippen MR) is 90.3 cm³/mol. The molecule has 0 spiro atoms. The molecule has 3 rings (SSSR count). The summed E-state index contributed by atoms with van der Waals surface area (Å²) < 4.78 is 0. The molecule has 0 amide bonds. The van der Waals surface area contributed by atoms with E-state index in [-0.39, 0.29) is 0 Å². The van der Waals surface area contributed by atoms with Gasteiger partial charge >= 0.3 is 0 Å². The van der Waals surface area contributed by atoms with Gasteiger partial charge in [-0.3, -0.25) is 4.90 Å². The van der Waals surface area contributed by atoms with Crippen LogP contribution in [-0.2, 0) is 0 Å². The maximum atomic E-state index is 6.48. The van der Waals surface area contributed by atoms with Crippen molar-refractivity contribution in [2.24, 2.45) is 23.5 Å². The molecule has 3 aliphatic rings. The van der Waals surface area contributed by atoms with Crippen molar-refractivity contribution in [3.05, 3.63) is 0 Å². The van der Waals surface area contributed by atoms with Crippen LogP contribution in [0.3, 0.4) is 0 Å².